The molecule has 0 spiro atoms. The largest absolute Gasteiger partial charge is 0.315 e. The first kappa shape index (κ1) is 14.2. The molecule has 0 bridgehead atoms. The number of aromatic nitrogens is 2. The normalized spacial score (nSPS) is 11.4. The Kier molecular flexibility index (Phi) is 6.22. The Morgan fingerprint density at radius 3 is 2.71 bits per heavy atom. The van der Waals surface area contributed by atoms with Gasteiger partial charge in [-0.3, -0.25) is 9.58 Å². The van der Waals surface area contributed by atoms with E-state index in [-0.39, 0.29) is 0 Å². The molecular weight excluding hydrogens is 212 g/mol. The Labute approximate surface area is 105 Å². The van der Waals surface area contributed by atoms with Crippen LogP contribution in [0.1, 0.15) is 31.7 Å². The van der Waals surface area contributed by atoms with Gasteiger partial charge in [0.15, 0.2) is 0 Å². The molecule has 0 saturated carbocycles. The number of aryl methyl sites for hydroxylation is 2. The molecule has 0 radical (unpaired) electrons. The maximum Gasteiger partial charge on any atom is 0.0625 e. The van der Waals surface area contributed by atoms with Gasteiger partial charge in [0, 0.05) is 26.7 Å². The average Bonchev–Trinajstić information content (AvgIpc) is 2.66. The third-order valence-corrected chi connectivity index (χ3v) is 2.92. The minimum absolute atomic E-state index is 0.970. The fraction of sp³-hybridized carbons (Fsp3) is 0.769. The minimum atomic E-state index is 0.970. The molecule has 4 nitrogen and oxygen atoms in total. The molecule has 1 rings (SSSR count). The van der Waals surface area contributed by atoms with Gasteiger partial charge < -0.3 is 5.32 Å². The fourth-order valence-corrected chi connectivity index (χ4v) is 1.82. The van der Waals surface area contributed by atoms with Crippen molar-refractivity contribution in [2.45, 2.75) is 33.2 Å². The molecule has 1 N–H and O–H groups in total. The van der Waals surface area contributed by atoms with Crippen LogP contribution >= 0.6 is 0 Å². The molecule has 0 aromatic carbocycles. The predicted octanol–water partition coefficient (Wildman–Crippen LogP) is 1.41. The second-order valence-corrected chi connectivity index (χ2v) is 4.59. The SMILES string of the molecule is CCCNCCN(C)Cc1cc(CC)nn1C. The highest BCUT2D eigenvalue weighted by Crippen LogP contribution is 2.06. The zero-order chi connectivity index (χ0) is 12.7. The Bertz CT molecular complexity index is 319. The summed E-state index contributed by atoms with van der Waals surface area (Å²) in [7, 11) is 4.18. The first-order valence-corrected chi connectivity index (χ1v) is 6.58. The van der Waals surface area contributed by atoms with Crippen LogP contribution in [0.2, 0.25) is 0 Å². The van der Waals surface area contributed by atoms with Crippen LogP contribution < -0.4 is 5.32 Å². The van der Waals surface area contributed by atoms with E-state index in [2.05, 4.69) is 42.3 Å². The first-order valence-electron chi connectivity index (χ1n) is 6.58. The smallest absolute Gasteiger partial charge is 0.0625 e. The Balaban J connectivity index is 2.34. The van der Waals surface area contributed by atoms with E-state index in [1.165, 1.54) is 17.8 Å². The molecule has 0 unspecified atom stereocenters. The monoisotopic (exact) mass is 238 g/mol. The van der Waals surface area contributed by atoms with Gasteiger partial charge in [-0.1, -0.05) is 13.8 Å². The van der Waals surface area contributed by atoms with Crippen LogP contribution in [-0.4, -0.2) is 41.4 Å². The van der Waals surface area contributed by atoms with Crippen molar-refractivity contribution < 1.29 is 0 Å². The Hall–Kier alpha value is -0.870. The summed E-state index contributed by atoms with van der Waals surface area (Å²) in [6.07, 6.45) is 2.21. The van der Waals surface area contributed by atoms with Crippen LogP contribution in [0.4, 0.5) is 0 Å². The molecule has 0 saturated heterocycles. The predicted molar refractivity (Wildman–Crippen MR) is 72.1 cm³/mol. The quantitative estimate of drug-likeness (QED) is 0.695. The van der Waals surface area contributed by atoms with Crippen molar-refractivity contribution in [2.24, 2.45) is 7.05 Å². The molecule has 0 aliphatic carbocycles. The van der Waals surface area contributed by atoms with Gasteiger partial charge in [-0.2, -0.15) is 5.10 Å². The van der Waals surface area contributed by atoms with Gasteiger partial charge in [0.1, 0.15) is 0 Å². The lowest BCUT2D eigenvalue weighted by Crippen LogP contribution is -2.29. The molecule has 17 heavy (non-hydrogen) atoms. The van der Waals surface area contributed by atoms with E-state index in [4.69, 9.17) is 0 Å². The topological polar surface area (TPSA) is 33.1 Å². The third-order valence-electron chi connectivity index (χ3n) is 2.92. The van der Waals surface area contributed by atoms with E-state index in [1.54, 1.807) is 0 Å². The molecule has 1 heterocycles. The van der Waals surface area contributed by atoms with Crippen LogP contribution in [0.5, 0.6) is 0 Å². The highest BCUT2D eigenvalue weighted by atomic mass is 15.3. The van der Waals surface area contributed by atoms with E-state index in [1.807, 2.05) is 11.7 Å². The molecule has 0 fully saturated rings. The summed E-state index contributed by atoms with van der Waals surface area (Å²) in [5.74, 6) is 0. The molecular formula is C13H26N4. The van der Waals surface area contributed by atoms with E-state index in [0.29, 0.717) is 0 Å². The zero-order valence-electron chi connectivity index (χ0n) is 11.7. The zero-order valence-corrected chi connectivity index (χ0v) is 11.7. The number of hydrogen-bond acceptors (Lipinski definition) is 3. The van der Waals surface area contributed by atoms with Gasteiger partial charge in [-0.15, -0.1) is 0 Å². The highest BCUT2D eigenvalue weighted by molar-refractivity contribution is 5.09. The van der Waals surface area contributed by atoms with Gasteiger partial charge in [0.05, 0.1) is 11.4 Å². The van der Waals surface area contributed by atoms with Crippen LogP contribution in [0, 0.1) is 0 Å². The summed E-state index contributed by atoms with van der Waals surface area (Å²) in [4.78, 5) is 2.33. The van der Waals surface area contributed by atoms with Gasteiger partial charge in [0.2, 0.25) is 0 Å². The summed E-state index contributed by atoms with van der Waals surface area (Å²) in [5.41, 5.74) is 2.47. The van der Waals surface area contributed by atoms with Crippen LogP contribution in [0.3, 0.4) is 0 Å². The summed E-state index contributed by atoms with van der Waals surface area (Å²) < 4.78 is 1.99. The Morgan fingerprint density at radius 1 is 1.35 bits per heavy atom. The summed E-state index contributed by atoms with van der Waals surface area (Å²) >= 11 is 0. The second-order valence-electron chi connectivity index (χ2n) is 4.59. The summed E-state index contributed by atoms with van der Waals surface area (Å²) in [6.45, 7) is 8.55. The van der Waals surface area contributed by atoms with Gasteiger partial charge >= 0.3 is 0 Å². The number of nitrogens with one attached hydrogen (secondary N) is 1. The van der Waals surface area contributed by atoms with Crippen molar-refractivity contribution in [3.8, 4) is 0 Å². The van der Waals surface area contributed by atoms with Crippen molar-refractivity contribution >= 4 is 0 Å². The number of nitrogens with zero attached hydrogens (tertiary/aromatic N) is 3. The van der Waals surface area contributed by atoms with E-state index >= 15 is 0 Å². The van der Waals surface area contributed by atoms with Crippen molar-refractivity contribution in [3.05, 3.63) is 17.5 Å². The van der Waals surface area contributed by atoms with Crippen molar-refractivity contribution in [1.29, 1.82) is 0 Å². The first-order chi connectivity index (χ1) is 8.17. The highest BCUT2D eigenvalue weighted by Gasteiger charge is 2.06. The minimum Gasteiger partial charge on any atom is -0.315 e. The van der Waals surface area contributed by atoms with Crippen LogP contribution in [0.15, 0.2) is 6.07 Å². The molecule has 0 aliphatic rings. The van der Waals surface area contributed by atoms with Gasteiger partial charge in [-0.05, 0) is 32.5 Å². The van der Waals surface area contributed by atoms with Crippen molar-refractivity contribution in [3.63, 3.8) is 0 Å². The molecule has 0 amide bonds. The maximum atomic E-state index is 4.47. The van der Waals surface area contributed by atoms with Crippen LogP contribution in [0.25, 0.3) is 0 Å². The lowest BCUT2D eigenvalue weighted by Gasteiger charge is -2.16. The molecule has 1 aromatic rings. The van der Waals surface area contributed by atoms with E-state index < -0.39 is 0 Å². The molecule has 1 aromatic heterocycles. The molecule has 4 heteroatoms. The van der Waals surface area contributed by atoms with Gasteiger partial charge in [0.25, 0.3) is 0 Å². The summed E-state index contributed by atoms with van der Waals surface area (Å²) in [6, 6.07) is 2.20. The van der Waals surface area contributed by atoms with Crippen molar-refractivity contribution in [2.75, 3.05) is 26.7 Å². The van der Waals surface area contributed by atoms with Crippen LogP contribution in [-0.2, 0) is 20.0 Å². The van der Waals surface area contributed by atoms with E-state index in [0.717, 1.165) is 32.6 Å². The lowest BCUT2D eigenvalue weighted by molar-refractivity contribution is 0.315. The summed E-state index contributed by atoms with van der Waals surface area (Å²) in [5, 5.41) is 7.88. The lowest BCUT2D eigenvalue weighted by atomic mass is 10.3. The standard InChI is InChI=1S/C13H26N4/c1-5-7-14-8-9-16(3)11-13-10-12(6-2)15-17(13)4/h10,14H,5-9,11H2,1-4H3. The number of rotatable bonds is 8. The number of hydrogen-bond donors (Lipinski definition) is 1. The maximum absolute atomic E-state index is 4.47. The third kappa shape index (κ3) is 4.88. The van der Waals surface area contributed by atoms with E-state index in [9.17, 15) is 0 Å². The number of likely N-dealkylation sites (N-methyl/N-ethyl adjacent to an activating group) is 1. The molecule has 0 atom stereocenters. The molecule has 98 valence electrons. The molecule has 0 aliphatic heterocycles. The van der Waals surface area contributed by atoms with Crippen molar-refractivity contribution in [1.82, 2.24) is 20.0 Å². The fourth-order valence-electron chi connectivity index (χ4n) is 1.82. The Morgan fingerprint density at radius 2 is 2.12 bits per heavy atom. The average molecular weight is 238 g/mol. The van der Waals surface area contributed by atoms with Gasteiger partial charge in [-0.25, -0.2) is 0 Å². The second kappa shape index (κ2) is 7.45.